The van der Waals surface area contributed by atoms with E-state index in [1.165, 1.54) is 12.1 Å². The zero-order valence-corrected chi connectivity index (χ0v) is 20.8. The molecule has 0 atom stereocenters. The van der Waals surface area contributed by atoms with Gasteiger partial charge < -0.3 is 4.74 Å². The van der Waals surface area contributed by atoms with E-state index < -0.39 is 4.92 Å². The number of hydrogen-bond acceptors (Lipinski definition) is 5. The van der Waals surface area contributed by atoms with Gasteiger partial charge in [0.1, 0.15) is 11.3 Å². The van der Waals surface area contributed by atoms with Gasteiger partial charge in [-0.15, -0.1) is 9.67 Å². The molecule has 2 heterocycles. The molecule has 0 aliphatic heterocycles. The van der Waals surface area contributed by atoms with Gasteiger partial charge in [-0.3, -0.25) is 25.3 Å². The van der Waals surface area contributed by atoms with Crippen molar-refractivity contribution in [2.75, 3.05) is 12.4 Å². The molecule has 0 bridgehead atoms. The summed E-state index contributed by atoms with van der Waals surface area (Å²) in [5.41, 5.74) is 4.05. The minimum atomic E-state index is -0.410. The highest BCUT2D eigenvalue weighted by Gasteiger charge is 2.25. The van der Waals surface area contributed by atoms with Crippen LogP contribution < -0.4 is 14.7 Å². The van der Waals surface area contributed by atoms with Crippen molar-refractivity contribution in [2.45, 2.75) is 13.5 Å². The van der Waals surface area contributed by atoms with Crippen LogP contribution in [0, 0.1) is 17.0 Å². The Labute approximate surface area is 218 Å². The van der Waals surface area contributed by atoms with Crippen LogP contribution in [0.5, 0.6) is 5.75 Å². The quantitative estimate of drug-likeness (QED) is 0.138. The molecule has 38 heavy (non-hydrogen) atoms. The molecule has 0 saturated carbocycles. The molecule has 5 rings (SSSR count). The van der Waals surface area contributed by atoms with Gasteiger partial charge in [0, 0.05) is 30.0 Å². The molecule has 1 amide bonds. The summed E-state index contributed by atoms with van der Waals surface area (Å²) < 4.78 is 8.82. The van der Waals surface area contributed by atoms with Crippen molar-refractivity contribution < 1.29 is 19.1 Å². The molecular formula is C28H25N6O4+. The molecule has 190 valence electrons. The van der Waals surface area contributed by atoms with Gasteiger partial charge in [-0.1, -0.05) is 36.4 Å². The van der Waals surface area contributed by atoms with Crippen LogP contribution in [0.1, 0.15) is 16.8 Å². The number of nitrogens with one attached hydrogen (secondary N) is 2. The number of carbonyl (C=O) groups excluding carboxylic acids is 1. The number of aromatic amines is 1. The lowest BCUT2D eigenvalue weighted by Crippen LogP contribution is -2.40. The summed E-state index contributed by atoms with van der Waals surface area (Å²) in [4.78, 5) is 28.5. The first-order chi connectivity index (χ1) is 18.4. The molecule has 0 aliphatic rings. The van der Waals surface area contributed by atoms with Gasteiger partial charge in [-0.2, -0.15) is 0 Å². The van der Waals surface area contributed by atoms with Crippen LogP contribution in [0.25, 0.3) is 23.1 Å². The number of imidazole rings is 1. The van der Waals surface area contributed by atoms with Crippen LogP contribution in [-0.4, -0.2) is 32.6 Å². The second kappa shape index (κ2) is 10.4. The number of para-hydroxylation sites is 2. The monoisotopic (exact) mass is 509 g/mol. The van der Waals surface area contributed by atoms with Crippen molar-refractivity contribution in [1.82, 2.24) is 14.6 Å². The first-order valence-electron chi connectivity index (χ1n) is 11.8. The second-order valence-electron chi connectivity index (χ2n) is 8.67. The van der Waals surface area contributed by atoms with Gasteiger partial charge in [-0.25, -0.2) is 4.57 Å². The van der Waals surface area contributed by atoms with E-state index in [0.29, 0.717) is 18.3 Å². The van der Waals surface area contributed by atoms with E-state index in [4.69, 9.17) is 9.72 Å². The van der Waals surface area contributed by atoms with E-state index in [2.05, 4.69) is 10.4 Å². The minimum absolute atomic E-state index is 0.0217. The largest absolute Gasteiger partial charge is 0.497 e. The minimum Gasteiger partial charge on any atom is -0.497 e. The number of amides is 1. The third-order valence-electron chi connectivity index (χ3n) is 5.97. The number of nitrogens with zero attached hydrogens (tertiary/aromatic N) is 4. The van der Waals surface area contributed by atoms with Crippen molar-refractivity contribution in [3.05, 3.63) is 112 Å². The van der Waals surface area contributed by atoms with Gasteiger partial charge >= 0.3 is 5.95 Å². The lowest BCUT2D eigenvalue weighted by molar-refractivity contribution is -0.650. The maximum absolute atomic E-state index is 12.8. The first kappa shape index (κ1) is 24.4. The number of fused-ring (bicyclic) bond motifs is 1. The number of nitro benzene ring substituents is 1. The Kier molecular flexibility index (Phi) is 6.68. The number of ether oxygens (including phenoxy) is 1. The predicted octanol–water partition coefficient (Wildman–Crippen LogP) is 4.57. The highest BCUT2D eigenvalue weighted by molar-refractivity contribution is 6.01. The topological polar surface area (TPSA) is 119 Å². The number of hydrogen-bond donors (Lipinski definition) is 2. The number of aromatic nitrogens is 4. The van der Waals surface area contributed by atoms with Crippen molar-refractivity contribution in [1.29, 1.82) is 0 Å². The molecular weight excluding hydrogens is 484 g/mol. The van der Waals surface area contributed by atoms with Crippen molar-refractivity contribution >= 4 is 34.5 Å². The van der Waals surface area contributed by atoms with Crippen molar-refractivity contribution in [3.63, 3.8) is 0 Å². The van der Waals surface area contributed by atoms with Gasteiger partial charge in [0.05, 0.1) is 18.6 Å². The molecule has 5 aromatic rings. The molecule has 2 N–H and O–H groups in total. The van der Waals surface area contributed by atoms with E-state index in [1.807, 2.05) is 72.2 Å². The first-order valence-corrected chi connectivity index (χ1v) is 11.8. The summed E-state index contributed by atoms with van der Waals surface area (Å²) in [6.07, 6.45) is 3.18. The number of anilines is 1. The van der Waals surface area contributed by atoms with E-state index in [1.54, 1.807) is 30.0 Å². The number of methoxy groups -OCH3 is 1. The second-order valence-corrected chi connectivity index (χ2v) is 8.67. The number of non-ortho nitro benzene ring substituents is 1. The molecule has 2 aromatic heterocycles. The average molecular weight is 510 g/mol. The standard InChI is InChI=1S/C28H24N6O4/c1-19-16-26(30-27(35)15-12-20-10-13-23(38-2)14-11-20)33(31-19)28-29-24-8-3-4-9-25(24)32(28)18-21-6-5-7-22(17-21)34(36)37/h3-17H,18H2,1-2H3,(H,30,31,35)/p+1/b15-12+. The maximum atomic E-state index is 12.8. The molecule has 0 saturated heterocycles. The fourth-order valence-electron chi connectivity index (χ4n) is 4.18. The Balaban J connectivity index is 1.48. The lowest BCUT2D eigenvalue weighted by atomic mass is 10.2. The summed E-state index contributed by atoms with van der Waals surface area (Å²) >= 11 is 0. The molecule has 0 radical (unpaired) electrons. The van der Waals surface area contributed by atoms with Gasteiger partial charge in [0.2, 0.25) is 5.82 Å². The highest BCUT2D eigenvalue weighted by Crippen LogP contribution is 2.21. The average Bonchev–Trinajstić information content (AvgIpc) is 3.47. The molecule has 0 unspecified atom stereocenters. The van der Waals surface area contributed by atoms with Gasteiger partial charge in [0.25, 0.3) is 11.6 Å². The molecule has 10 nitrogen and oxygen atoms in total. The van der Waals surface area contributed by atoms with E-state index in [-0.39, 0.29) is 11.6 Å². The number of rotatable bonds is 8. The zero-order valence-electron chi connectivity index (χ0n) is 20.8. The zero-order chi connectivity index (χ0) is 26.6. The fourth-order valence-corrected chi connectivity index (χ4v) is 4.18. The Hall–Kier alpha value is -5.25. The van der Waals surface area contributed by atoms with Crippen LogP contribution in [0.3, 0.4) is 0 Å². The third-order valence-corrected chi connectivity index (χ3v) is 5.97. The number of nitro groups is 1. The van der Waals surface area contributed by atoms with E-state index in [0.717, 1.165) is 33.6 Å². The van der Waals surface area contributed by atoms with Gasteiger partial charge in [0.15, 0.2) is 5.52 Å². The predicted molar refractivity (Wildman–Crippen MR) is 143 cm³/mol. The number of benzene rings is 3. The van der Waals surface area contributed by atoms with Gasteiger partial charge in [-0.05, 0) is 48.4 Å². The Bertz CT molecular complexity index is 1670. The third kappa shape index (κ3) is 5.14. The lowest BCUT2D eigenvalue weighted by Gasteiger charge is -2.06. The number of H-pyrrole nitrogens is 1. The number of carbonyl (C=O) groups is 1. The molecule has 0 fully saturated rings. The molecule has 0 spiro atoms. The van der Waals surface area contributed by atoms with Crippen LogP contribution in [0.15, 0.2) is 84.9 Å². The Morgan fingerprint density at radius 1 is 1.13 bits per heavy atom. The molecule has 10 heteroatoms. The fraction of sp³-hybridized carbons (Fsp3) is 0.107. The summed E-state index contributed by atoms with van der Waals surface area (Å²) in [7, 11) is 1.60. The van der Waals surface area contributed by atoms with Crippen molar-refractivity contribution in [2.24, 2.45) is 0 Å². The van der Waals surface area contributed by atoms with E-state index >= 15 is 0 Å². The van der Waals surface area contributed by atoms with Crippen LogP contribution in [-0.2, 0) is 11.3 Å². The number of aryl methyl sites for hydroxylation is 1. The molecule has 0 aliphatic carbocycles. The van der Waals surface area contributed by atoms with Crippen LogP contribution >= 0.6 is 0 Å². The smallest absolute Gasteiger partial charge is 0.377 e. The highest BCUT2D eigenvalue weighted by atomic mass is 16.6. The van der Waals surface area contributed by atoms with Crippen LogP contribution in [0.4, 0.5) is 11.5 Å². The Morgan fingerprint density at radius 2 is 1.92 bits per heavy atom. The SMILES string of the molecule is COc1ccc(/C=C/C(=O)Nc2cc(C)[nH][n+]2-c2nc3ccccc3n2Cc2cccc([N+](=O)[O-])c2)cc1. The summed E-state index contributed by atoms with van der Waals surface area (Å²) in [6.45, 7) is 2.22. The van der Waals surface area contributed by atoms with Crippen LogP contribution in [0.2, 0.25) is 0 Å². The normalized spacial score (nSPS) is 11.2. The van der Waals surface area contributed by atoms with Crippen molar-refractivity contribution in [3.8, 4) is 11.7 Å². The van der Waals surface area contributed by atoms with E-state index in [9.17, 15) is 14.9 Å². The summed E-state index contributed by atoms with van der Waals surface area (Å²) in [5, 5.41) is 17.5. The Morgan fingerprint density at radius 3 is 2.68 bits per heavy atom. The summed E-state index contributed by atoms with van der Waals surface area (Å²) in [6, 6.07) is 23.4. The maximum Gasteiger partial charge on any atom is 0.377 e. The summed E-state index contributed by atoms with van der Waals surface area (Å²) in [5.74, 6) is 1.46. The molecule has 3 aromatic carbocycles.